The number of aromatic amines is 1. The predicted molar refractivity (Wildman–Crippen MR) is 443 cm³/mol. The van der Waals surface area contributed by atoms with Gasteiger partial charge in [0.25, 0.3) is 0 Å². The van der Waals surface area contributed by atoms with Gasteiger partial charge < -0.3 is 88.7 Å². The summed E-state index contributed by atoms with van der Waals surface area (Å²) in [5.41, 5.74) is 19.8. The van der Waals surface area contributed by atoms with Crippen LogP contribution < -0.4 is 64.2 Å². The van der Waals surface area contributed by atoms with Gasteiger partial charge in [-0.3, -0.25) is 49.2 Å². The maximum atomic E-state index is 14.5. The van der Waals surface area contributed by atoms with Crippen molar-refractivity contribution in [3.63, 3.8) is 0 Å². The Bertz CT molecular complexity index is 4790. The van der Waals surface area contributed by atoms with E-state index in [2.05, 4.69) is 200 Å². The van der Waals surface area contributed by atoms with E-state index in [9.17, 15) is 43.5 Å². The topological polar surface area (TPSA) is 409 Å². The number of carbonyl (C=O) groups excluding carboxylic acids is 8. The van der Waals surface area contributed by atoms with Crippen LogP contribution in [0.5, 0.6) is 5.75 Å². The van der Waals surface area contributed by atoms with Gasteiger partial charge in [-0.25, -0.2) is 0 Å². The van der Waals surface area contributed by atoms with Crippen LogP contribution >= 0.6 is 0 Å². The fourth-order valence-corrected chi connectivity index (χ4v) is 15.7. The molecule has 1 saturated heterocycles. The number of hydrogen-bond donors (Lipinski definition) is 15. The summed E-state index contributed by atoms with van der Waals surface area (Å²) in [6.45, 7) is 14.3. The second-order valence-corrected chi connectivity index (χ2v) is 30.3. The zero-order valence-electron chi connectivity index (χ0n) is 66.1. The first-order valence-electron chi connectivity index (χ1n) is 39.2. The molecule has 0 saturated carbocycles. The molecule has 0 aliphatic carbocycles. The van der Waals surface area contributed by atoms with Crippen LogP contribution in [0.15, 0.2) is 164 Å². The minimum atomic E-state index is -1.37. The summed E-state index contributed by atoms with van der Waals surface area (Å²) >= 11 is 0. The summed E-state index contributed by atoms with van der Waals surface area (Å²) in [5.74, 6) is -5.42. The normalized spacial score (nSPS) is 16.9. The fourth-order valence-electron chi connectivity index (χ4n) is 15.7. The number of phenols is 1. The van der Waals surface area contributed by atoms with E-state index in [0.717, 1.165) is 25.8 Å². The predicted octanol–water partition coefficient (Wildman–Crippen LogP) is 7.01. The molecule has 7 aromatic rings. The molecule has 17 N–H and O–H groups in total. The number of guanidine groups is 2. The molecular formula is C86H110N17O11+. The fraction of sp³-hybridized carbons (Fsp3) is 0.407. The lowest BCUT2D eigenvalue weighted by molar-refractivity contribution is -0.438. The van der Waals surface area contributed by atoms with E-state index in [4.69, 9.17) is 31.8 Å². The summed E-state index contributed by atoms with van der Waals surface area (Å²) in [6, 6.07) is 32.8. The van der Waals surface area contributed by atoms with Crippen LogP contribution in [-0.4, -0.2) is 187 Å². The largest absolute Gasteiger partial charge is 0.508 e. The van der Waals surface area contributed by atoms with Gasteiger partial charge in [0, 0.05) is 123 Å². The number of allylic oxidation sites excluding steroid dienone is 6. The van der Waals surface area contributed by atoms with Crippen molar-refractivity contribution >= 4 is 109 Å². The highest BCUT2D eigenvalue weighted by molar-refractivity contribution is 6.08. The van der Waals surface area contributed by atoms with Gasteiger partial charge in [0.05, 0.1) is 38.4 Å². The van der Waals surface area contributed by atoms with E-state index in [1.807, 2.05) is 6.92 Å². The van der Waals surface area contributed by atoms with Crippen LogP contribution in [0, 0.1) is 10.8 Å². The lowest BCUT2D eigenvalue weighted by Gasteiger charge is -2.26. The molecule has 1 unspecified atom stereocenters. The number of benzene rings is 6. The molecule has 0 radical (unpaired) electrons. The van der Waals surface area contributed by atoms with Crippen molar-refractivity contribution in [3.8, 4) is 5.75 Å². The first-order chi connectivity index (χ1) is 54.7. The Hall–Kier alpha value is -11.9. The van der Waals surface area contributed by atoms with Gasteiger partial charge in [-0.2, -0.15) is 4.58 Å². The van der Waals surface area contributed by atoms with Crippen LogP contribution in [0.2, 0.25) is 0 Å². The Balaban J connectivity index is 0.652. The molecule has 6 aromatic carbocycles. The van der Waals surface area contributed by atoms with Crippen molar-refractivity contribution in [2.24, 2.45) is 11.5 Å². The van der Waals surface area contributed by atoms with Crippen molar-refractivity contribution < 1.29 is 57.5 Å². The maximum absolute atomic E-state index is 14.5. The molecular weight excluding hydrogens is 1450 g/mol. The van der Waals surface area contributed by atoms with Gasteiger partial charge in [0.15, 0.2) is 17.6 Å². The summed E-state index contributed by atoms with van der Waals surface area (Å²) < 4.78 is 14.1. The summed E-state index contributed by atoms with van der Waals surface area (Å²) in [6.07, 6.45) is 16.0. The molecule has 3 aliphatic heterocycles. The number of para-hydroxylation sites is 1. The molecule has 604 valence electrons. The molecule has 114 heavy (non-hydrogen) atoms. The lowest BCUT2D eigenvalue weighted by Crippen LogP contribution is -2.57. The number of hydrogen-bond acceptors (Lipinski definition) is 14. The third-order valence-electron chi connectivity index (χ3n) is 21.3. The average Bonchev–Trinajstić information content (AvgIpc) is 1.59. The number of fused-ring (bicyclic) bond motifs is 7. The van der Waals surface area contributed by atoms with Gasteiger partial charge in [-0.1, -0.05) is 117 Å². The van der Waals surface area contributed by atoms with E-state index in [1.165, 1.54) is 74.5 Å². The molecule has 4 heterocycles. The van der Waals surface area contributed by atoms with Crippen molar-refractivity contribution in [1.82, 2.24) is 57.7 Å². The summed E-state index contributed by atoms with van der Waals surface area (Å²) in [4.78, 5) is 117. The van der Waals surface area contributed by atoms with Gasteiger partial charge in [-0.15, -0.1) is 0 Å². The quantitative estimate of drug-likeness (QED) is 0.00603. The zero-order chi connectivity index (χ0) is 81.6. The van der Waals surface area contributed by atoms with Crippen molar-refractivity contribution in [2.75, 3.05) is 77.6 Å². The maximum Gasteiger partial charge on any atom is 0.247 e. The van der Waals surface area contributed by atoms with E-state index in [0.29, 0.717) is 35.0 Å². The highest BCUT2D eigenvalue weighted by Gasteiger charge is 2.46. The Kier molecular flexibility index (Phi) is 29.3. The van der Waals surface area contributed by atoms with E-state index >= 15 is 0 Å². The molecule has 1 aromatic heterocycles. The first-order valence-corrected chi connectivity index (χ1v) is 39.2. The number of aromatic nitrogens is 1. The van der Waals surface area contributed by atoms with Crippen LogP contribution in [0.4, 0.5) is 11.4 Å². The SMILES string of the molecule is CC(=O)N[C@H](C(=O)N[C@@H](Cc1ccc(O)cc1)C(=O)N[C@@H](CCCNC(=N)N)C(=O)NCC(=O)N[C@@H](CCCNC(=N)N)C(=O)N[C@H]1CC(C)N(CCOCCOCCNC(=O)CCCCC[N+]2=C(/C=C/C=C/C=C3/N(C)c4ccc5ccccc5c4C3(C)C)C(C)(C)c3c2ccc2ccccc32)C1=O)c1c[nH]c2ccccc12. The van der Waals surface area contributed by atoms with Crippen LogP contribution in [-0.2, 0) is 65.1 Å². The number of carbonyl (C=O) groups is 8. The van der Waals surface area contributed by atoms with Crippen molar-refractivity contribution in [3.05, 3.63) is 186 Å². The van der Waals surface area contributed by atoms with Crippen molar-refractivity contribution in [1.29, 1.82) is 10.8 Å². The zero-order valence-corrected chi connectivity index (χ0v) is 66.1. The van der Waals surface area contributed by atoms with Crippen LogP contribution in [0.3, 0.4) is 0 Å². The molecule has 3 aliphatic rings. The van der Waals surface area contributed by atoms with Gasteiger partial charge in [-0.05, 0) is 135 Å². The highest BCUT2D eigenvalue weighted by atomic mass is 16.5. The highest BCUT2D eigenvalue weighted by Crippen LogP contribution is 2.50. The summed E-state index contributed by atoms with van der Waals surface area (Å²) in [5, 5.41) is 55.3. The number of nitrogens with two attached hydrogens (primary N) is 2. The molecule has 6 atom stereocenters. The Morgan fingerprint density at radius 1 is 0.640 bits per heavy atom. The monoisotopic (exact) mass is 1560 g/mol. The number of aromatic hydroxyl groups is 1. The molecule has 0 bridgehead atoms. The lowest BCUT2D eigenvalue weighted by atomic mass is 9.79. The molecule has 0 spiro atoms. The minimum Gasteiger partial charge on any atom is -0.508 e. The smallest absolute Gasteiger partial charge is 0.247 e. The first kappa shape index (κ1) is 84.5. The number of nitrogens with one attached hydrogen (secondary N) is 12. The molecule has 8 amide bonds. The number of phenolic OH excluding ortho intramolecular Hbond substituents is 1. The minimum absolute atomic E-state index is 0.0330. The van der Waals surface area contributed by atoms with E-state index < -0.39 is 72.2 Å². The number of ether oxygens (including phenoxy) is 2. The summed E-state index contributed by atoms with van der Waals surface area (Å²) in [7, 11) is 2.15. The number of nitrogens with zero attached hydrogens (tertiary/aromatic N) is 3. The third-order valence-corrected chi connectivity index (χ3v) is 21.3. The third kappa shape index (κ3) is 21.6. The number of unbranched alkanes of at least 4 members (excludes halogenated alkanes) is 2. The molecule has 10 rings (SSSR count). The molecule has 28 heteroatoms. The van der Waals surface area contributed by atoms with Crippen molar-refractivity contribution in [2.45, 2.75) is 153 Å². The Labute approximate surface area is 665 Å². The second kappa shape index (κ2) is 39.5. The second-order valence-electron chi connectivity index (χ2n) is 30.3. The molecule has 28 nitrogen and oxygen atoms in total. The number of rotatable bonds is 40. The molecule has 1 fully saturated rings. The van der Waals surface area contributed by atoms with Gasteiger partial charge >= 0.3 is 0 Å². The number of H-pyrrole nitrogens is 1. The average molecular weight is 1560 g/mol. The van der Waals surface area contributed by atoms with Crippen LogP contribution in [0.1, 0.15) is 128 Å². The van der Waals surface area contributed by atoms with E-state index in [-0.39, 0.29) is 131 Å². The standard InChI is InChI=1S/C86H109N17O11/c1-54-50-68(100-79(109)66(29-21-42-93-84(89)90)97-74(107)53-95-78(108)65(28-20-41-92-83(87)88)98-80(110)67(51-56-33-37-59(105)38-34-56)99-81(111)77(96-55(2)104)63-52-94-64-27-18-17-26-62(63)64)82(112)102(54)45-47-114-49-48-113-46-43-91-73(106)32-12-9-19-44-103-70-40-36-58-23-14-16-25-61(58)76(70)86(5,6)72(103)31-11-8-10-30-71-85(3,4)75-60-24-15-13-22-57(60)35-39-69(75)101(71)7/h8,10-11,13-18,22-27,30-31,33-40,52,54,65-68,77,94H,9,12,19-21,28-29,32,41-51,53H2,1-7H3,(H15-,87,88,89,90,91,92,93,95,96,97,98,99,100,104,105,106,107,108,109,110,111)/p+1/t54?,65-,66-,67-,68-,77-/m0/s1. The number of amides is 8. The number of likely N-dealkylation sites (tertiary alicyclic amines) is 1. The number of likely N-dealkylation sites (N-methyl/N-ethyl adjacent to an activating group) is 1. The van der Waals surface area contributed by atoms with E-state index in [1.54, 1.807) is 47.5 Å². The number of anilines is 1. The van der Waals surface area contributed by atoms with Gasteiger partial charge in [0.2, 0.25) is 52.9 Å². The van der Waals surface area contributed by atoms with Crippen LogP contribution in [0.25, 0.3) is 32.4 Å². The Morgan fingerprint density at radius 2 is 1.27 bits per heavy atom. The van der Waals surface area contributed by atoms with Gasteiger partial charge in [0.1, 0.15) is 42.5 Å². The Morgan fingerprint density at radius 3 is 1.96 bits per heavy atom.